The van der Waals surface area contributed by atoms with Gasteiger partial charge in [0.25, 0.3) is 0 Å². The number of amides is 1. The molecular formula is C11H21N3O2. The number of nitrogens with one attached hydrogen (secondary N) is 3. The van der Waals surface area contributed by atoms with Gasteiger partial charge in [-0.2, -0.15) is 0 Å². The van der Waals surface area contributed by atoms with Gasteiger partial charge in [-0.3, -0.25) is 4.79 Å². The second-order valence-corrected chi connectivity index (χ2v) is 4.67. The van der Waals surface area contributed by atoms with E-state index < -0.39 is 0 Å². The van der Waals surface area contributed by atoms with Gasteiger partial charge in [0.15, 0.2) is 0 Å². The van der Waals surface area contributed by atoms with E-state index in [0.717, 1.165) is 26.1 Å². The molecule has 2 rings (SSSR count). The fourth-order valence-electron chi connectivity index (χ4n) is 2.20. The van der Waals surface area contributed by atoms with E-state index in [9.17, 15) is 4.79 Å². The Balaban J connectivity index is 1.80. The van der Waals surface area contributed by atoms with Crippen LogP contribution in [0.5, 0.6) is 0 Å². The van der Waals surface area contributed by atoms with Crippen LogP contribution < -0.4 is 16.0 Å². The van der Waals surface area contributed by atoms with Crippen molar-refractivity contribution in [1.82, 2.24) is 16.0 Å². The lowest BCUT2D eigenvalue weighted by Crippen LogP contribution is -2.57. The highest BCUT2D eigenvalue weighted by atomic mass is 16.5. The molecule has 5 nitrogen and oxygen atoms in total. The van der Waals surface area contributed by atoms with Crippen molar-refractivity contribution < 1.29 is 9.53 Å². The molecule has 92 valence electrons. The summed E-state index contributed by atoms with van der Waals surface area (Å²) in [5.74, 6) is 0.620. The van der Waals surface area contributed by atoms with Gasteiger partial charge in [-0.05, 0) is 18.9 Å². The van der Waals surface area contributed by atoms with E-state index in [1.807, 2.05) is 0 Å². The van der Waals surface area contributed by atoms with Crippen LogP contribution >= 0.6 is 0 Å². The summed E-state index contributed by atoms with van der Waals surface area (Å²) in [5, 5.41) is 9.57. The van der Waals surface area contributed by atoms with Crippen LogP contribution in [0.1, 0.15) is 13.3 Å². The smallest absolute Gasteiger partial charge is 0.239 e. The van der Waals surface area contributed by atoms with Crippen LogP contribution in [0.25, 0.3) is 0 Å². The van der Waals surface area contributed by atoms with Crippen LogP contribution in [0.15, 0.2) is 0 Å². The molecule has 2 heterocycles. The molecular weight excluding hydrogens is 206 g/mol. The van der Waals surface area contributed by atoms with Gasteiger partial charge in [-0.1, -0.05) is 6.92 Å². The van der Waals surface area contributed by atoms with Gasteiger partial charge in [-0.25, -0.2) is 0 Å². The molecule has 0 aromatic rings. The molecule has 16 heavy (non-hydrogen) atoms. The highest BCUT2D eigenvalue weighted by Crippen LogP contribution is 2.11. The molecule has 0 aromatic carbocycles. The molecule has 3 N–H and O–H groups in total. The van der Waals surface area contributed by atoms with E-state index in [-0.39, 0.29) is 18.0 Å². The minimum atomic E-state index is -0.178. The Morgan fingerprint density at radius 1 is 1.44 bits per heavy atom. The Morgan fingerprint density at radius 3 is 3.00 bits per heavy atom. The van der Waals surface area contributed by atoms with Gasteiger partial charge in [0.2, 0.25) is 5.91 Å². The average molecular weight is 227 g/mol. The largest absolute Gasteiger partial charge is 0.378 e. The van der Waals surface area contributed by atoms with Crippen molar-refractivity contribution in [2.45, 2.75) is 25.4 Å². The van der Waals surface area contributed by atoms with E-state index in [2.05, 4.69) is 22.9 Å². The average Bonchev–Trinajstić information content (AvgIpc) is 2.33. The maximum Gasteiger partial charge on any atom is 0.239 e. The summed E-state index contributed by atoms with van der Waals surface area (Å²) < 4.78 is 5.28. The molecule has 0 radical (unpaired) electrons. The van der Waals surface area contributed by atoms with E-state index in [1.165, 1.54) is 0 Å². The first kappa shape index (κ1) is 11.8. The minimum absolute atomic E-state index is 0.0697. The number of rotatable bonds is 2. The third kappa shape index (κ3) is 2.93. The fourth-order valence-corrected chi connectivity index (χ4v) is 2.20. The Kier molecular flexibility index (Phi) is 4.15. The molecule has 0 aliphatic carbocycles. The highest BCUT2D eigenvalue weighted by Gasteiger charge is 2.27. The van der Waals surface area contributed by atoms with Crippen molar-refractivity contribution in [3.8, 4) is 0 Å². The van der Waals surface area contributed by atoms with Crippen molar-refractivity contribution in [2.75, 3.05) is 32.8 Å². The lowest BCUT2D eigenvalue weighted by molar-refractivity contribution is -0.127. The minimum Gasteiger partial charge on any atom is -0.378 e. The van der Waals surface area contributed by atoms with Crippen LogP contribution in [-0.4, -0.2) is 50.8 Å². The molecule has 5 heteroatoms. The Bertz CT molecular complexity index is 241. The molecule has 0 saturated carbocycles. The first-order valence-electron chi connectivity index (χ1n) is 6.09. The van der Waals surface area contributed by atoms with Crippen molar-refractivity contribution in [2.24, 2.45) is 5.92 Å². The van der Waals surface area contributed by atoms with Gasteiger partial charge in [0.05, 0.1) is 13.2 Å². The third-order valence-electron chi connectivity index (χ3n) is 3.39. The van der Waals surface area contributed by atoms with Crippen molar-refractivity contribution in [3.05, 3.63) is 0 Å². The highest BCUT2D eigenvalue weighted by molar-refractivity contribution is 5.82. The lowest BCUT2D eigenvalue weighted by atomic mass is 9.94. The molecule has 2 saturated heterocycles. The summed E-state index contributed by atoms with van der Waals surface area (Å²) in [6.07, 6.45) is 1.12. The zero-order valence-corrected chi connectivity index (χ0v) is 9.79. The maximum atomic E-state index is 11.9. The number of ether oxygens (including phenoxy) is 1. The Morgan fingerprint density at radius 2 is 2.31 bits per heavy atom. The number of hydrogen-bond donors (Lipinski definition) is 3. The van der Waals surface area contributed by atoms with E-state index in [4.69, 9.17) is 4.74 Å². The van der Waals surface area contributed by atoms with Crippen LogP contribution in [0.2, 0.25) is 0 Å². The number of hydrogen-bond acceptors (Lipinski definition) is 4. The summed E-state index contributed by atoms with van der Waals surface area (Å²) in [5.41, 5.74) is 0. The Labute approximate surface area is 96.3 Å². The molecule has 2 fully saturated rings. The molecule has 1 amide bonds. The van der Waals surface area contributed by atoms with Crippen LogP contribution in [0.4, 0.5) is 0 Å². The molecule has 2 aliphatic rings. The monoisotopic (exact) mass is 227 g/mol. The van der Waals surface area contributed by atoms with Gasteiger partial charge in [-0.15, -0.1) is 0 Å². The zero-order chi connectivity index (χ0) is 11.4. The quantitative estimate of drug-likeness (QED) is 0.571. The van der Waals surface area contributed by atoms with Crippen LogP contribution in [0, 0.1) is 5.92 Å². The Hall–Kier alpha value is -0.650. The number of morpholine rings is 1. The van der Waals surface area contributed by atoms with Crippen molar-refractivity contribution in [3.63, 3.8) is 0 Å². The number of carbonyl (C=O) groups excluding carboxylic acids is 1. The van der Waals surface area contributed by atoms with Gasteiger partial charge in [0, 0.05) is 19.1 Å². The molecule has 0 spiro atoms. The molecule has 3 unspecified atom stereocenters. The molecule has 3 atom stereocenters. The topological polar surface area (TPSA) is 62.4 Å². The van der Waals surface area contributed by atoms with Gasteiger partial charge < -0.3 is 20.7 Å². The zero-order valence-electron chi connectivity index (χ0n) is 9.79. The summed E-state index contributed by atoms with van der Waals surface area (Å²) in [4.78, 5) is 11.9. The summed E-state index contributed by atoms with van der Waals surface area (Å²) in [7, 11) is 0. The van der Waals surface area contributed by atoms with E-state index in [0.29, 0.717) is 19.1 Å². The molecule has 2 aliphatic heterocycles. The van der Waals surface area contributed by atoms with E-state index in [1.54, 1.807) is 0 Å². The van der Waals surface area contributed by atoms with Gasteiger partial charge >= 0.3 is 0 Å². The summed E-state index contributed by atoms with van der Waals surface area (Å²) >= 11 is 0. The normalized spacial score (nSPS) is 35.7. The van der Waals surface area contributed by atoms with Gasteiger partial charge in [0.1, 0.15) is 6.04 Å². The lowest BCUT2D eigenvalue weighted by Gasteiger charge is -2.32. The van der Waals surface area contributed by atoms with Crippen LogP contribution in [0.3, 0.4) is 0 Å². The first-order valence-corrected chi connectivity index (χ1v) is 6.09. The molecule has 0 bridgehead atoms. The maximum absolute atomic E-state index is 11.9. The van der Waals surface area contributed by atoms with E-state index >= 15 is 0 Å². The third-order valence-corrected chi connectivity index (χ3v) is 3.39. The van der Waals surface area contributed by atoms with Crippen molar-refractivity contribution >= 4 is 5.91 Å². The summed E-state index contributed by atoms with van der Waals surface area (Å²) in [6.45, 7) is 6.07. The number of piperidine rings is 1. The first-order chi connectivity index (χ1) is 7.77. The fraction of sp³-hybridized carbons (Fsp3) is 0.909. The van der Waals surface area contributed by atoms with Crippen LogP contribution in [-0.2, 0) is 9.53 Å². The predicted molar refractivity (Wildman–Crippen MR) is 61.2 cm³/mol. The second-order valence-electron chi connectivity index (χ2n) is 4.67. The molecule has 0 aromatic heterocycles. The summed E-state index contributed by atoms with van der Waals surface area (Å²) in [6, 6.07) is 0.0767. The van der Waals surface area contributed by atoms with Crippen molar-refractivity contribution in [1.29, 1.82) is 0 Å². The number of carbonyl (C=O) groups is 1. The predicted octanol–water partition coefficient (Wildman–Crippen LogP) is -0.911. The SMILES string of the molecule is CC1CCNCC1NC(=O)C1COCCN1. The second kappa shape index (κ2) is 5.61. The standard InChI is InChI=1S/C11H21N3O2/c1-8-2-3-12-6-9(8)14-11(15)10-7-16-5-4-13-10/h8-10,12-13H,2-7H2,1H3,(H,14,15).